The van der Waals surface area contributed by atoms with Gasteiger partial charge >= 0.3 is 12.1 Å². The van der Waals surface area contributed by atoms with E-state index in [1.54, 1.807) is 7.05 Å². The number of esters is 1. The van der Waals surface area contributed by atoms with Crippen molar-refractivity contribution in [3.05, 3.63) is 59.7 Å². The minimum Gasteiger partial charge on any atom is -0.463 e. The number of ether oxygens (including phenoxy) is 12. The molecular formula is C44H69NO14. The van der Waals surface area contributed by atoms with Crippen LogP contribution in [-0.4, -0.2) is 176 Å². The number of carbonyl (C=O) groups excluding carboxylic acids is 2. The number of hydrogen-bond donors (Lipinski definition) is 0. The summed E-state index contributed by atoms with van der Waals surface area (Å²) in [7, 11) is 1.71. The number of unbranched alkanes of at least 4 members (excludes halogenated alkanes) is 2. The van der Waals surface area contributed by atoms with Crippen molar-refractivity contribution in [1.82, 2.24) is 4.90 Å². The maximum absolute atomic E-state index is 12.6. The first-order valence-electron chi connectivity index (χ1n) is 21.1. The van der Waals surface area contributed by atoms with E-state index in [0.29, 0.717) is 152 Å². The molecule has 0 spiro atoms. The molecule has 0 saturated carbocycles. The van der Waals surface area contributed by atoms with Gasteiger partial charge in [-0.25, -0.2) is 4.79 Å². The summed E-state index contributed by atoms with van der Waals surface area (Å²) >= 11 is 0. The quantitative estimate of drug-likeness (QED) is 0.0645. The molecule has 0 fully saturated rings. The van der Waals surface area contributed by atoms with E-state index in [9.17, 15) is 9.59 Å². The molecule has 0 bridgehead atoms. The Kier molecular flexibility index (Phi) is 29.3. The van der Waals surface area contributed by atoms with Crippen LogP contribution in [0.4, 0.5) is 4.79 Å². The maximum Gasteiger partial charge on any atom is 0.409 e. The van der Waals surface area contributed by atoms with Crippen molar-refractivity contribution in [2.75, 3.05) is 159 Å². The van der Waals surface area contributed by atoms with Crippen molar-refractivity contribution < 1.29 is 66.4 Å². The molecule has 0 N–H and O–H groups in total. The zero-order chi connectivity index (χ0) is 41.9. The van der Waals surface area contributed by atoms with Gasteiger partial charge in [-0.3, -0.25) is 4.79 Å². The van der Waals surface area contributed by atoms with Gasteiger partial charge in [-0.1, -0.05) is 68.3 Å². The monoisotopic (exact) mass is 835 g/mol. The van der Waals surface area contributed by atoms with Crippen molar-refractivity contribution in [2.24, 2.45) is 0 Å². The van der Waals surface area contributed by atoms with Crippen LogP contribution in [0.2, 0.25) is 0 Å². The Balaban J connectivity index is 0.952. The minimum atomic E-state index is -0.367. The summed E-state index contributed by atoms with van der Waals surface area (Å²) in [5, 5.41) is 0. The van der Waals surface area contributed by atoms with Crippen LogP contribution in [0.5, 0.6) is 0 Å². The fourth-order valence-corrected chi connectivity index (χ4v) is 5.88. The van der Waals surface area contributed by atoms with E-state index in [4.69, 9.17) is 56.8 Å². The molecule has 15 heteroatoms. The Hall–Kier alpha value is -3.22. The fourth-order valence-electron chi connectivity index (χ4n) is 5.88. The molecule has 1 aliphatic rings. The summed E-state index contributed by atoms with van der Waals surface area (Å²) < 4.78 is 65.8. The van der Waals surface area contributed by atoms with Crippen molar-refractivity contribution in [3.63, 3.8) is 0 Å². The van der Waals surface area contributed by atoms with E-state index < -0.39 is 0 Å². The normalized spacial score (nSPS) is 12.1. The largest absolute Gasteiger partial charge is 0.463 e. The lowest BCUT2D eigenvalue weighted by Gasteiger charge is -2.19. The predicted octanol–water partition coefficient (Wildman–Crippen LogP) is 5.16. The summed E-state index contributed by atoms with van der Waals surface area (Å²) in [5.41, 5.74) is 4.79. The first-order valence-corrected chi connectivity index (χ1v) is 21.1. The topological polar surface area (TPSA) is 148 Å². The molecule has 1 amide bonds. The van der Waals surface area contributed by atoms with Gasteiger partial charge in [0.1, 0.15) is 13.2 Å². The van der Waals surface area contributed by atoms with Crippen molar-refractivity contribution in [3.8, 4) is 11.1 Å². The predicted molar refractivity (Wildman–Crippen MR) is 221 cm³/mol. The average molecular weight is 836 g/mol. The molecule has 334 valence electrons. The Bertz CT molecular complexity index is 1300. The molecule has 15 nitrogen and oxygen atoms in total. The van der Waals surface area contributed by atoms with Crippen molar-refractivity contribution >= 4 is 12.1 Å². The number of carbonyl (C=O) groups is 2. The van der Waals surface area contributed by atoms with E-state index in [2.05, 4.69) is 31.2 Å². The Morgan fingerprint density at radius 3 is 1.22 bits per heavy atom. The van der Waals surface area contributed by atoms with Crippen molar-refractivity contribution in [2.45, 2.75) is 38.5 Å². The Labute approximate surface area is 351 Å². The number of rotatable bonds is 39. The molecule has 0 heterocycles. The maximum atomic E-state index is 12.6. The molecule has 0 radical (unpaired) electrons. The molecule has 0 unspecified atom stereocenters. The van der Waals surface area contributed by atoms with Gasteiger partial charge in [0.15, 0.2) is 0 Å². The number of likely N-dealkylation sites (N-methyl/N-ethyl adjacent to an activating group) is 1. The first-order chi connectivity index (χ1) is 29.1. The van der Waals surface area contributed by atoms with Gasteiger partial charge in [0, 0.05) is 25.9 Å². The van der Waals surface area contributed by atoms with E-state index >= 15 is 0 Å². The van der Waals surface area contributed by atoms with Gasteiger partial charge in [-0.15, -0.1) is 0 Å². The highest BCUT2D eigenvalue weighted by Crippen LogP contribution is 2.44. The van der Waals surface area contributed by atoms with Crippen LogP contribution in [0.15, 0.2) is 48.5 Å². The summed E-state index contributed by atoms with van der Waals surface area (Å²) in [6.45, 7) is 12.3. The van der Waals surface area contributed by atoms with Gasteiger partial charge in [0.05, 0.1) is 132 Å². The first kappa shape index (κ1) is 50.1. The second-order valence-electron chi connectivity index (χ2n) is 13.5. The third-order valence-electron chi connectivity index (χ3n) is 9.04. The molecule has 0 aromatic heterocycles. The average Bonchev–Trinajstić information content (AvgIpc) is 3.57. The zero-order valence-corrected chi connectivity index (χ0v) is 35.5. The number of nitrogens with zero attached hydrogens (tertiary/aromatic N) is 1. The molecule has 2 aromatic carbocycles. The molecule has 2 aromatic rings. The van der Waals surface area contributed by atoms with Crippen LogP contribution in [-0.2, 0) is 61.6 Å². The van der Waals surface area contributed by atoms with Crippen LogP contribution in [0, 0.1) is 0 Å². The van der Waals surface area contributed by atoms with Gasteiger partial charge in [-0.2, -0.15) is 0 Å². The van der Waals surface area contributed by atoms with Crippen LogP contribution < -0.4 is 0 Å². The highest BCUT2D eigenvalue weighted by Gasteiger charge is 2.29. The van der Waals surface area contributed by atoms with Gasteiger partial charge in [0.2, 0.25) is 0 Å². The molecular weight excluding hydrogens is 766 g/mol. The third kappa shape index (κ3) is 23.4. The van der Waals surface area contributed by atoms with Crippen LogP contribution in [0.3, 0.4) is 0 Å². The van der Waals surface area contributed by atoms with Crippen molar-refractivity contribution in [1.29, 1.82) is 0 Å². The Morgan fingerprint density at radius 1 is 0.475 bits per heavy atom. The molecule has 3 rings (SSSR count). The van der Waals surface area contributed by atoms with E-state index in [0.717, 1.165) is 19.3 Å². The molecule has 59 heavy (non-hydrogen) atoms. The summed E-state index contributed by atoms with van der Waals surface area (Å²) in [6, 6.07) is 16.6. The standard InChI is InChI=1S/C44H69NO14/c1-3-4-5-14-43(46)58-36-35-57-34-33-56-32-31-55-30-29-54-28-27-53-26-25-52-24-23-51-22-21-50-20-19-49-18-17-48-16-15-45(2)44(47)59-37-42-40-12-8-6-10-38(40)39-11-7-9-13-41(39)42/h6-13,42H,3-5,14-37H2,1-2H3. The smallest absolute Gasteiger partial charge is 0.409 e. The molecule has 0 atom stereocenters. The molecule has 1 aliphatic carbocycles. The summed E-state index contributed by atoms with van der Waals surface area (Å²) in [6.07, 6.45) is 3.11. The second-order valence-corrected chi connectivity index (χ2v) is 13.5. The number of fused-ring (bicyclic) bond motifs is 3. The highest BCUT2D eigenvalue weighted by molar-refractivity contribution is 5.79. The highest BCUT2D eigenvalue weighted by atomic mass is 16.6. The fraction of sp³-hybridized carbons (Fsp3) is 0.682. The number of benzene rings is 2. The summed E-state index contributed by atoms with van der Waals surface area (Å²) in [4.78, 5) is 25.6. The minimum absolute atomic E-state index is 0.0350. The van der Waals surface area contributed by atoms with Gasteiger partial charge in [0.25, 0.3) is 0 Å². The number of hydrogen-bond acceptors (Lipinski definition) is 14. The van der Waals surface area contributed by atoms with E-state index in [1.807, 2.05) is 24.3 Å². The third-order valence-corrected chi connectivity index (χ3v) is 9.04. The zero-order valence-electron chi connectivity index (χ0n) is 35.5. The van der Waals surface area contributed by atoms with Crippen LogP contribution in [0.25, 0.3) is 11.1 Å². The lowest BCUT2D eigenvalue weighted by molar-refractivity contribution is -0.145. The van der Waals surface area contributed by atoms with Gasteiger partial charge in [-0.05, 0) is 28.7 Å². The van der Waals surface area contributed by atoms with Crippen LogP contribution >= 0.6 is 0 Å². The van der Waals surface area contributed by atoms with Gasteiger partial charge < -0.3 is 61.7 Å². The number of amides is 1. The van der Waals surface area contributed by atoms with E-state index in [1.165, 1.54) is 27.2 Å². The lowest BCUT2D eigenvalue weighted by atomic mass is 9.98. The Morgan fingerprint density at radius 2 is 0.831 bits per heavy atom. The second kappa shape index (κ2) is 34.5. The van der Waals surface area contributed by atoms with E-state index in [-0.39, 0.29) is 24.6 Å². The molecule has 0 aliphatic heterocycles. The lowest BCUT2D eigenvalue weighted by Crippen LogP contribution is -2.32. The van der Waals surface area contributed by atoms with Crippen LogP contribution in [0.1, 0.15) is 49.7 Å². The SMILES string of the molecule is CCCCCC(=O)OCCOCCOCCOCCOCCOCCOCCOCCOCCOCCOCCN(C)C(=O)OCC1c2ccccc2-c2ccccc21. The summed E-state index contributed by atoms with van der Waals surface area (Å²) in [5.74, 6) is -0.129. The molecule has 0 saturated heterocycles.